The number of nitrogens with one attached hydrogen (secondary N) is 1. The van der Waals surface area contributed by atoms with Crippen LogP contribution in [0.4, 0.5) is 18.9 Å². The molecule has 0 fully saturated rings. The van der Waals surface area contributed by atoms with Gasteiger partial charge in [-0.3, -0.25) is 9.78 Å². The van der Waals surface area contributed by atoms with Crippen molar-refractivity contribution >= 4 is 24.0 Å². The smallest absolute Gasteiger partial charge is 0.327 e. The van der Waals surface area contributed by atoms with Gasteiger partial charge in [0.25, 0.3) is 5.91 Å². The summed E-state index contributed by atoms with van der Waals surface area (Å²) in [6, 6.07) is 7.63. The Morgan fingerprint density at radius 2 is 1.96 bits per heavy atom. The second-order valence-electron chi connectivity index (χ2n) is 5.87. The number of anilines is 1. The third kappa shape index (κ3) is 4.49. The summed E-state index contributed by atoms with van der Waals surface area (Å²) in [5.41, 5.74) is 7.57. The Bertz CT molecular complexity index is 780. The van der Waals surface area contributed by atoms with Crippen molar-refractivity contribution in [3.8, 4) is 0 Å². The largest absolute Gasteiger partial charge is 0.433 e. The van der Waals surface area contributed by atoms with Crippen molar-refractivity contribution in [2.45, 2.75) is 31.5 Å². The van der Waals surface area contributed by atoms with Crippen LogP contribution < -0.4 is 11.1 Å². The number of hydrogen-bond acceptors (Lipinski definition) is 3. The number of benzene rings is 1. The Kier molecular flexibility index (Phi) is 5.69. The second kappa shape index (κ2) is 7.41. The summed E-state index contributed by atoms with van der Waals surface area (Å²) >= 11 is 0. The summed E-state index contributed by atoms with van der Waals surface area (Å²) in [6.45, 7) is 0. The van der Waals surface area contributed by atoms with Gasteiger partial charge in [-0.15, -0.1) is 12.4 Å². The summed E-state index contributed by atoms with van der Waals surface area (Å²) in [6.07, 6.45) is -1.10. The third-order valence-corrected chi connectivity index (χ3v) is 4.04. The quantitative estimate of drug-likeness (QED) is 0.847. The molecule has 0 aliphatic heterocycles. The summed E-state index contributed by atoms with van der Waals surface area (Å²) < 4.78 is 38.0. The number of carbonyl (C=O) groups is 1. The number of aryl methyl sites for hydroxylation is 1. The van der Waals surface area contributed by atoms with Crippen molar-refractivity contribution in [1.29, 1.82) is 0 Å². The van der Waals surface area contributed by atoms with Gasteiger partial charge in [0.05, 0.1) is 0 Å². The lowest BCUT2D eigenvalue weighted by Crippen LogP contribution is -2.27. The van der Waals surface area contributed by atoms with Crippen LogP contribution in [-0.4, -0.2) is 16.9 Å². The number of nitrogens with zero attached hydrogens (tertiary/aromatic N) is 1. The fraction of sp³-hybridized carbons (Fsp3) is 0.294. The SMILES string of the molecule is Cl.NC1CCc2cc(NC(=O)c3ccnc(C(F)(F)F)c3)ccc2C1. The number of hydrogen-bond donors (Lipinski definition) is 2. The molecule has 134 valence electrons. The Morgan fingerprint density at radius 3 is 2.68 bits per heavy atom. The first-order valence-electron chi connectivity index (χ1n) is 7.55. The first kappa shape index (κ1) is 19.2. The molecular formula is C17H17ClF3N3O. The fourth-order valence-electron chi connectivity index (χ4n) is 2.79. The van der Waals surface area contributed by atoms with Crippen LogP contribution in [-0.2, 0) is 19.0 Å². The van der Waals surface area contributed by atoms with Gasteiger partial charge < -0.3 is 11.1 Å². The van der Waals surface area contributed by atoms with Gasteiger partial charge in [0.2, 0.25) is 0 Å². The van der Waals surface area contributed by atoms with Crippen LogP contribution in [0.1, 0.15) is 33.6 Å². The number of carbonyl (C=O) groups excluding carboxylic acids is 1. The molecule has 0 saturated carbocycles. The molecule has 0 radical (unpaired) electrons. The monoisotopic (exact) mass is 371 g/mol. The molecule has 0 bridgehead atoms. The van der Waals surface area contributed by atoms with E-state index in [1.165, 1.54) is 6.07 Å². The second-order valence-corrected chi connectivity index (χ2v) is 5.87. The van der Waals surface area contributed by atoms with Gasteiger partial charge >= 0.3 is 6.18 Å². The van der Waals surface area contributed by atoms with E-state index in [0.717, 1.165) is 42.7 Å². The molecule has 3 rings (SSSR count). The number of pyridine rings is 1. The van der Waals surface area contributed by atoms with Crippen molar-refractivity contribution in [2.24, 2.45) is 5.73 Å². The van der Waals surface area contributed by atoms with E-state index in [9.17, 15) is 18.0 Å². The van der Waals surface area contributed by atoms with Crippen LogP contribution >= 0.6 is 12.4 Å². The molecule has 1 heterocycles. The van der Waals surface area contributed by atoms with Gasteiger partial charge in [0.1, 0.15) is 5.69 Å². The average molecular weight is 372 g/mol. The Labute approximate surface area is 149 Å². The van der Waals surface area contributed by atoms with E-state index < -0.39 is 17.8 Å². The number of alkyl halides is 3. The van der Waals surface area contributed by atoms with Crippen LogP contribution in [0, 0.1) is 0 Å². The third-order valence-electron chi connectivity index (χ3n) is 4.04. The minimum Gasteiger partial charge on any atom is -0.327 e. The van der Waals surface area contributed by atoms with E-state index in [4.69, 9.17) is 5.73 Å². The number of amides is 1. The Hall–Kier alpha value is -2.12. The molecule has 1 aromatic heterocycles. The molecule has 1 aliphatic carbocycles. The first-order valence-corrected chi connectivity index (χ1v) is 7.55. The van der Waals surface area contributed by atoms with Crippen LogP contribution in [0.15, 0.2) is 36.5 Å². The van der Waals surface area contributed by atoms with E-state index in [1.54, 1.807) is 6.07 Å². The highest BCUT2D eigenvalue weighted by molar-refractivity contribution is 6.04. The van der Waals surface area contributed by atoms with Gasteiger partial charge in [-0.2, -0.15) is 13.2 Å². The highest BCUT2D eigenvalue weighted by Gasteiger charge is 2.33. The molecule has 2 aromatic rings. The van der Waals surface area contributed by atoms with Crippen molar-refractivity contribution in [3.63, 3.8) is 0 Å². The van der Waals surface area contributed by atoms with E-state index >= 15 is 0 Å². The van der Waals surface area contributed by atoms with Crippen LogP contribution in [0.25, 0.3) is 0 Å². The van der Waals surface area contributed by atoms with Crippen molar-refractivity contribution < 1.29 is 18.0 Å². The molecule has 0 spiro atoms. The molecule has 1 aromatic carbocycles. The molecule has 1 aliphatic rings. The lowest BCUT2D eigenvalue weighted by molar-refractivity contribution is -0.141. The summed E-state index contributed by atoms with van der Waals surface area (Å²) in [4.78, 5) is 15.4. The number of nitrogens with two attached hydrogens (primary N) is 1. The van der Waals surface area contributed by atoms with Gasteiger partial charge in [0.15, 0.2) is 0 Å². The van der Waals surface area contributed by atoms with Gasteiger partial charge in [-0.25, -0.2) is 0 Å². The van der Waals surface area contributed by atoms with Gasteiger partial charge in [0, 0.05) is 23.5 Å². The van der Waals surface area contributed by atoms with Gasteiger partial charge in [-0.1, -0.05) is 6.07 Å². The molecule has 1 unspecified atom stereocenters. The highest BCUT2D eigenvalue weighted by atomic mass is 35.5. The van der Waals surface area contributed by atoms with Gasteiger partial charge in [-0.05, 0) is 54.7 Å². The predicted molar refractivity (Wildman–Crippen MR) is 90.9 cm³/mol. The number of aromatic nitrogens is 1. The first-order chi connectivity index (χ1) is 11.3. The number of fused-ring (bicyclic) bond motifs is 1. The molecule has 25 heavy (non-hydrogen) atoms. The fourth-order valence-corrected chi connectivity index (χ4v) is 2.79. The van der Waals surface area contributed by atoms with Crippen LogP contribution in [0.5, 0.6) is 0 Å². The van der Waals surface area contributed by atoms with E-state index in [2.05, 4.69) is 10.3 Å². The van der Waals surface area contributed by atoms with E-state index in [1.807, 2.05) is 12.1 Å². The molecule has 1 amide bonds. The summed E-state index contributed by atoms with van der Waals surface area (Å²) in [5, 5.41) is 2.63. The maximum Gasteiger partial charge on any atom is 0.433 e. The highest BCUT2D eigenvalue weighted by Crippen LogP contribution is 2.28. The van der Waals surface area contributed by atoms with E-state index in [0.29, 0.717) is 5.69 Å². The molecule has 0 saturated heterocycles. The Morgan fingerprint density at radius 1 is 1.20 bits per heavy atom. The zero-order chi connectivity index (χ0) is 17.3. The molecule has 3 N–H and O–H groups in total. The van der Waals surface area contributed by atoms with Crippen molar-refractivity contribution in [3.05, 3.63) is 58.9 Å². The van der Waals surface area contributed by atoms with Crippen LogP contribution in [0.2, 0.25) is 0 Å². The molecule has 8 heteroatoms. The standard InChI is InChI=1S/C17H16F3N3O.ClH/c18-17(19,20)15-9-12(5-6-22-15)16(24)23-14-4-2-10-7-13(21)3-1-11(10)8-14;/h2,4-6,8-9,13H,1,3,7,21H2,(H,23,24);1H. The summed E-state index contributed by atoms with van der Waals surface area (Å²) in [5.74, 6) is -0.602. The lowest BCUT2D eigenvalue weighted by Gasteiger charge is -2.22. The number of halogens is 4. The van der Waals surface area contributed by atoms with Crippen LogP contribution in [0.3, 0.4) is 0 Å². The maximum atomic E-state index is 12.7. The predicted octanol–water partition coefficient (Wildman–Crippen LogP) is 3.59. The van der Waals surface area contributed by atoms with Crippen molar-refractivity contribution in [1.82, 2.24) is 4.98 Å². The zero-order valence-corrected chi connectivity index (χ0v) is 14.0. The number of rotatable bonds is 2. The summed E-state index contributed by atoms with van der Waals surface area (Å²) in [7, 11) is 0. The maximum absolute atomic E-state index is 12.7. The lowest BCUT2D eigenvalue weighted by atomic mass is 9.88. The molecule has 1 atom stereocenters. The minimum absolute atomic E-state index is 0. The van der Waals surface area contributed by atoms with E-state index in [-0.39, 0.29) is 24.0 Å². The Balaban J connectivity index is 0.00000225. The molecular weight excluding hydrogens is 355 g/mol. The normalized spacial score (nSPS) is 16.6. The van der Waals surface area contributed by atoms with Crippen molar-refractivity contribution in [2.75, 3.05) is 5.32 Å². The topological polar surface area (TPSA) is 68.0 Å². The molecule has 4 nitrogen and oxygen atoms in total. The zero-order valence-electron chi connectivity index (χ0n) is 13.1. The minimum atomic E-state index is -4.58. The average Bonchev–Trinajstić information content (AvgIpc) is 2.54.